The second kappa shape index (κ2) is 6.18. The molecule has 104 valence electrons. The van der Waals surface area contributed by atoms with Crippen molar-refractivity contribution < 1.29 is 14.3 Å². The standard InChI is InChI=1S/C13H24N2O3/c1-5-18-13(17)10-6-9(4)7-15(10)12(16)11(14)8(2)3/h8-11H,5-7,14H2,1-4H3. The summed E-state index contributed by atoms with van der Waals surface area (Å²) in [5, 5.41) is 0. The van der Waals surface area contributed by atoms with Crippen molar-refractivity contribution in [3.63, 3.8) is 0 Å². The van der Waals surface area contributed by atoms with Crippen molar-refractivity contribution in [1.82, 2.24) is 4.90 Å². The van der Waals surface area contributed by atoms with Gasteiger partial charge in [-0.2, -0.15) is 0 Å². The third-order valence-electron chi connectivity index (χ3n) is 3.36. The quantitative estimate of drug-likeness (QED) is 0.754. The molecule has 3 unspecified atom stereocenters. The molecule has 1 aliphatic heterocycles. The summed E-state index contributed by atoms with van der Waals surface area (Å²) < 4.78 is 5.02. The summed E-state index contributed by atoms with van der Waals surface area (Å²) >= 11 is 0. The first-order chi connectivity index (χ1) is 8.38. The molecule has 1 rings (SSSR count). The van der Waals surface area contributed by atoms with Crippen molar-refractivity contribution in [1.29, 1.82) is 0 Å². The molecule has 0 aromatic heterocycles. The molecule has 3 atom stereocenters. The minimum Gasteiger partial charge on any atom is -0.464 e. The van der Waals surface area contributed by atoms with Gasteiger partial charge in [-0.1, -0.05) is 20.8 Å². The van der Waals surface area contributed by atoms with Crippen LogP contribution in [0.5, 0.6) is 0 Å². The Morgan fingerprint density at radius 1 is 1.44 bits per heavy atom. The highest BCUT2D eigenvalue weighted by molar-refractivity contribution is 5.88. The minimum atomic E-state index is -0.549. The zero-order valence-electron chi connectivity index (χ0n) is 11.7. The molecule has 0 aromatic rings. The molecular weight excluding hydrogens is 232 g/mol. The van der Waals surface area contributed by atoms with Gasteiger partial charge in [-0.3, -0.25) is 4.79 Å². The molecule has 1 saturated heterocycles. The van der Waals surface area contributed by atoms with Crippen LogP contribution in [0.3, 0.4) is 0 Å². The first-order valence-corrected chi connectivity index (χ1v) is 6.61. The Morgan fingerprint density at radius 3 is 2.56 bits per heavy atom. The molecule has 18 heavy (non-hydrogen) atoms. The molecular formula is C13H24N2O3. The van der Waals surface area contributed by atoms with Gasteiger partial charge in [-0.15, -0.1) is 0 Å². The number of likely N-dealkylation sites (tertiary alicyclic amines) is 1. The van der Waals surface area contributed by atoms with Crippen LogP contribution < -0.4 is 5.73 Å². The molecule has 5 heteroatoms. The van der Waals surface area contributed by atoms with Gasteiger partial charge in [0, 0.05) is 6.54 Å². The van der Waals surface area contributed by atoms with E-state index in [9.17, 15) is 9.59 Å². The van der Waals surface area contributed by atoms with Gasteiger partial charge < -0.3 is 15.4 Å². The lowest BCUT2D eigenvalue weighted by Crippen LogP contribution is -2.50. The maximum absolute atomic E-state index is 12.2. The van der Waals surface area contributed by atoms with Gasteiger partial charge in [0.2, 0.25) is 5.91 Å². The first kappa shape index (κ1) is 15.0. The Morgan fingerprint density at radius 2 is 2.06 bits per heavy atom. The van der Waals surface area contributed by atoms with Crippen molar-refractivity contribution in [2.45, 2.75) is 46.2 Å². The minimum absolute atomic E-state index is 0.0660. The molecule has 5 nitrogen and oxygen atoms in total. The van der Waals surface area contributed by atoms with Crippen molar-refractivity contribution in [3.8, 4) is 0 Å². The van der Waals surface area contributed by atoms with Gasteiger partial charge in [0.25, 0.3) is 0 Å². The van der Waals surface area contributed by atoms with Crippen LogP contribution in [0.25, 0.3) is 0 Å². The molecule has 0 aliphatic carbocycles. The number of esters is 1. The third-order valence-corrected chi connectivity index (χ3v) is 3.36. The number of rotatable bonds is 4. The Hall–Kier alpha value is -1.10. The van der Waals surface area contributed by atoms with Crippen LogP contribution in [-0.4, -0.2) is 42.0 Å². The lowest BCUT2D eigenvalue weighted by molar-refractivity contribution is -0.153. The van der Waals surface area contributed by atoms with E-state index < -0.39 is 12.1 Å². The molecule has 0 radical (unpaired) electrons. The summed E-state index contributed by atoms with van der Waals surface area (Å²) in [7, 11) is 0. The van der Waals surface area contributed by atoms with E-state index in [1.165, 1.54) is 0 Å². The largest absolute Gasteiger partial charge is 0.464 e. The fourth-order valence-corrected chi connectivity index (χ4v) is 2.23. The summed E-state index contributed by atoms with van der Waals surface area (Å²) in [6.07, 6.45) is 0.662. The van der Waals surface area contributed by atoms with Crippen molar-refractivity contribution in [2.24, 2.45) is 17.6 Å². The van der Waals surface area contributed by atoms with E-state index in [0.717, 1.165) is 0 Å². The van der Waals surface area contributed by atoms with Crippen LogP contribution in [0, 0.1) is 11.8 Å². The second-order valence-electron chi connectivity index (χ2n) is 5.37. The molecule has 1 amide bonds. The number of nitrogens with zero attached hydrogens (tertiary/aromatic N) is 1. The average Bonchev–Trinajstić information content (AvgIpc) is 2.69. The monoisotopic (exact) mass is 256 g/mol. The van der Waals surface area contributed by atoms with Gasteiger partial charge in [-0.05, 0) is 25.2 Å². The lowest BCUT2D eigenvalue weighted by Gasteiger charge is -2.27. The smallest absolute Gasteiger partial charge is 0.328 e. The summed E-state index contributed by atoms with van der Waals surface area (Å²) in [5.74, 6) is -0.0856. The highest BCUT2D eigenvalue weighted by Crippen LogP contribution is 2.25. The van der Waals surface area contributed by atoms with Gasteiger partial charge >= 0.3 is 5.97 Å². The number of hydrogen-bond acceptors (Lipinski definition) is 4. The number of carbonyl (C=O) groups excluding carboxylic acids is 2. The fourth-order valence-electron chi connectivity index (χ4n) is 2.23. The summed E-state index contributed by atoms with van der Waals surface area (Å²) in [5.41, 5.74) is 5.88. The number of carbonyl (C=O) groups is 2. The molecule has 0 aromatic carbocycles. The Bertz CT molecular complexity index is 317. The van der Waals surface area contributed by atoms with E-state index in [0.29, 0.717) is 25.5 Å². The van der Waals surface area contributed by atoms with Gasteiger partial charge in [0.1, 0.15) is 6.04 Å². The Labute approximate surface area is 109 Å². The molecule has 1 aliphatic rings. The highest BCUT2D eigenvalue weighted by Gasteiger charge is 2.40. The molecule has 1 heterocycles. The fraction of sp³-hybridized carbons (Fsp3) is 0.846. The van der Waals surface area contributed by atoms with Crippen LogP contribution in [0.1, 0.15) is 34.1 Å². The third kappa shape index (κ3) is 3.22. The van der Waals surface area contributed by atoms with Crippen molar-refractivity contribution in [3.05, 3.63) is 0 Å². The highest BCUT2D eigenvalue weighted by atomic mass is 16.5. The van der Waals surface area contributed by atoms with E-state index in [-0.39, 0.29) is 17.8 Å². The Kier molecular flexibility index (Phi) is 5.14. The van der Waals surface area contributed by atoms with Crippen molar-refractivity contribution >= 4 is 11.9 Å². The summed E-state index contributed by atoms with van der Waals surface area (Å²) in [6.45, 7) is 8.52. The number of nitrogens with two attached hydrogens (primary N) is 1. The Balaban J connectivity index is 2.78. The second-order valence-corrected chi connectivity index (χ2v) is 5.37. The van der Waals surface area contributed by atoms with Crippen LogP contribution in [0.2, 0.25) is 0 Å². The van der Waals surface area contributed by atoms with E-state index in [4.69, 9.17) is 10.5 Å². The number of ether oxygens (including phenoxy) is 1. The van der Waals surface area contributed by atoms with Crippen molar-refractivity contribution in [2.75, 3.05) is 13.2 Å². The zero-order valence-corrected chi connectivity index (χ0v) is 11.7. The van der Waals surface area contributed by atoms with Crippen LogP contribution in [-0.2, 0) is 14.3 Å². The predicted octanol–water partition coefficient (Wildman–Crippen LogP) is 0.770. The number of hydrogen-bond donors (Lipinski definition) is 1. The molecule has 2 N–H and O–H groups in total. The maximum atomic E-state index is 12.2. The van der Waals surface area contributed by atoms with Gasteiger partial charge in [0.05, 0.1) is 12.6 Å². The van der Waals surface area contributed by atoms with E-state index in [2.05, 4.69) is 0 Å². The predicted molar refractivity (Wildman–Crippen MR) is 68.7 cm³/mol. The van der Waals surface area contributed by atoms with Gasteiger partial charge in [-0.25, -0.2) is 4.79 Å². The van der Waals surface area contributed by atoms with E-state index in [1.807, 2.05) is 20.8 Å². The van der Waals surface area contributed by atoms with Crippen LogP contribution >= 0.6 is 0 Å². The SMILES string of the molecule is CCOC(=O)C1CC(C)CN1C(=O)C(N)C(C)C. The molecule has 0 spiro atoms. The summed E-state index contributed by atoms with van der Waals surface area (Å²) in [4.78, 5) is 25.7. The molecule has 0 bridgehead atoms. The van der Waals surface area contributed by atoms with Crippen LogP contribution in [0.4, 0.5) is 0 Å². The van der Waals surface area contributed by atoms with Gasteiger partial charge in [0.15, 0.2) is 0 Å². The zero-order chi connectivity index (χ0) is 13.9. The van der Waals surface area contributed by atoms with E-state index in [1.54, 1.807) is 11.8 Å². The topological polar surface area (TPSA) is 72.6 Å². The maximum Gasteiger partial charge on any atom is 0.328 e. The normalized spacial score (nSPS) is 25.3. The van der Waals surface area contributed by atoms with Crippen LogP contribution in [0.15, 0.2) is 0 Å². The first-order valence-electron chi connectivity index (χ1n) is 6.61. The summed E-state index contributed by atoms with van der Waals surface area (Å²) in [6, 6.07) is -1.01. The van der Waals surface area contributed by atoms with E-state index >= 15 is 0 Å². The average molecular weight is 256 g/mol. The lowest BCUT2D eigenvalue weighted by atomic mass is 10.0. The molecule has 1 fully saturated rings. The molecule has 0 saturated carbocycles. The number of amides is 1.